The first-order chi connectivity index (χ1) is 10.3. The van der Waals surface area contributed by atoms with Crippen molar-refractivity contribution in [2.45, 2.75) is 58.2 Å². The normalized spacial score (nSPS) is 23.6. The molecule has 0 aromatic heterocycles. The molecule has 5 nitrogen and oxygen atoms in total. The highest BCUT2D eigenvalue weighted by Gasteiger charge is 2.37. The minimum absolute atomic E-state index is 0.170. The molecule has 0 amide bonds. The number of hydrogen-bond acceptors (Lipinski definition) is 5. The zero-order valence-electron chi connectivity index (χ0n) is 13.5. The van der Waals surface area contributed by atoms with Crippen LogP contribution in [0.25, 0.3) is 0 Å². The number of ether oxygens (including phenoxy) is 1. The van der Waals surface area contributed by atoms with Gasteiger partial charge < -0.3 is 4.74 Å². The zero-order chi connectivity index (χ0) is 17.9. The van der Waals surface area contributed by atoms with Crippen molar-refractivity contribution in [1.82, 2.24) is 0 Å². The fourth-order valence-corrected chi connectivity index (χ4v) is 3.28. The molecule has 0 aromatic carbocycles. The highest BCUT2D eigenvalue weighted by atomic mass is 32.2. The summed E-state index contributed by atoms with van der Waals surface area (Å²) < 4.78 is 68.4. The van der Waals surface area contributed by atoms with Crippen LogP contribution >= 0.6 is 0 Å². The Morgan fingerprint density at radius 1 is 1.09 bits per heavy atom. The van der Waals surface area contributed by atoms with Gasteiger partial charge in [0.25, 0.3) is 10.1 Å². The van der Waals surface area contributed by atoms with Crippen LogP contribution in [0.2, 0.25) is 0 Å². The molecule has 0 saturated heterocycles. The van der Waals surface area contributed by atoms with Crippen LogP contribution in [0.1, 0.15) is 46.5 Å². The van der Waals surface area contributed by atoms with Gasteiger partial charge in [0.1, 0.15) is 5.60 Å². The molecule has 0 radical (unpaired) electrons. The first-order valence-electron chi connectivity index (χ1n) is 7.44. The van der Waals surface area contributed by atoms with E-state index < -0.39 is 27.6 Å². The Morgan fingerprint density at radius 2 is 1.61 bits per heavy atom. The molecule has 0 aliphatic heterocycles. The van der Waals surface area contributed by atoms with Crippen LogP contribution in [0, 0.1) is 11.8 Å². The molecule has 23 heavy (non-hydrogen) atoms. The van der Waals surface area contributed by atoms with Gasteiger partial charge >= 0.3 is 12.1 Å². The standard InChI is InChI=1S/C14H23F3O5S/c1-13(2,3)22-12(18)11-6-4-10(5-7-11)8-21-23(19,20)9-14(15,16)17/h10-11H,4-9H2,1-3H3. The summed E-state index contributed by atoms with van der Waals surface area (Å²) in [4.78, 5) is 11.9. The van der Waals surface area contributed by atoms with Crippen molar-refractivity contribution >= 4 is 16.1 Å². The maximum absolute atomic E-state index is 12.1. The van der Waals surface area contributed by atoms with Gasteiger partial charge in [-0.3, -0.25) is 8.98 Å². The van der Waals surface area contributed by atoms with Gasteiger partial charge in [0.15, 0.2) is 5.75 Å². The van der Waals surface area contributed by atoms with Gasteiger partial charge in [-0.15, -0.1) is 0 Å². The molecule has 1 saturated carbocycles. The lowest BCUT2D eigenvalue weighted by Gasteiger charge is -2.29. The van der Waals surface area contributed by atoms with Crippen LogP contribution in [-0.4, -0.2) is 38.5 Å². The minimum Gasteiger partial charge on any atom is -0.460 e. The van der Waals surface area contributed by atoms with Crippen LogP contribution in [0.3, 0.4) is 0 Å². The third-order valence-electron chi connectivity index (χ3n) is 3.41. The Kier molecular flexibility index (Phi) is 6.48. The molecule has 0 aromatic rings. The van der Waals surface area contributed by atoms with Gasteiger partial charge in [-0.05, 0) is 52.4 Å². The van der Waals surface area contributed by atoms with E-state index in [0.717, 1.165) is 0 Å². The monoisotopic (exact) mass is 360 g/mol. The van der Waals surface area contributed by atoms with E-state index in [4.69, 9.17) is 4.74 Å². The quantitative estimate of drug-likeness (QED) is 0.557. The van der Waals surface area contributed by atoms with Crippen molar-refractivity contribution < 1.29 is 35.3 Å². The molecule has 0 unspecified atom stereocenters. The SMILES string of the molecule is CC(C)(C)OC(=O)C1CCC(COS(=O)(=O)CC(F)(F)F)CC1. The summed E-state index contributed by atoms with van der Waals surface area (Å²) in [6, 6.07) is 0. The maximum atomic E-state index is 12.1. The van der Waals surface area contributed by atoms with E-state index in [-0.39, 0.29) is 24.4 Å². The Labute approximate surface area is 134 Å². The van der Waals surface area contributed by atoms with Gasteiger partial charge in [-0.2, -0.15) is 21.6 Å². The van der Waals surface area contributed by atoms with Gasteiger partial charge in [0.2, 0.25) is 0 Å². The van der Waals surface area contributed by atoms with Crippen molar-refractivity contribution in [2.75, 3.05) is 12.4 Å². The maximum Gasteiger partial charge on any atom is 0.405 e. The third-order valence-corrected chi connectivity index (χ3v) is 4.59. The summed E-state index contributed by atoms with van der Waals surface area (Å²) in [5, 5.41) is 0. The summed E-state index contributed by atoms with van der Waals surface area (Å²) >= 11 is 0. The number of esters is 1. The molecule has 9 heteroatoms. The van der Waals surface area contributed by atoms with E-state index in [1.807, 2.05) is 0 Å². The molecule has 136 valence electrons. The predicted octanol–water partition coefficient (Wildman–Crippen LogP) is 3.04. The van der Waals surface area contributed by atoms with Crippen molar-refractivity contribution in [3.63, 3.8) is 0 Å². The second-order valence-electron chi connectivity index (χ2n) is 6.85. The Balaban J connectivity index is 2.39. The van der Waals surface area contributed by atoms with Gasteiger partial charge in [0.05, 0.1) is 12.5 Å². The molecule has 0 spiro atoms. The predicted molar refractivity (Wildman–Crippen MR) is 77.1 cm³/mol. The highest BCUT2D eigenvalue weighted by molar-refractivity contribution is 7.86. The van der Waals surface area contributed by atoms with E-state index in [1.165, 1.54) is 0 Å². The minimum atomic E-state index is -4.81. The topological polar surface area (TPSA) is 69.7 Å². The molecule has 1 fully saturated rings. The number of carbonyl (C=O) groups excluding carboxylic acids is 1. The molecular formula is C14H23F3O5S. The lowest BCUT2D eigenvalue weighted by atomic mass is 9.82. The van der Waals surface area contributed by atoms with Gasteiger partial charge in [-0.1, -0.05) is 0 Å². The lowest BCUT2D eigenvalue weighted by molar-refractivity contribution is -0.161. The fourth-order valence-electron chi connectivity index (χ4n) is 2.39. The summed E-state index contributed by atoms with van der Waals surface area (Å²) in [6.45, 7) is 5.04. The van der Waals surface area contributed by atoms with Crippen molar-refractivity contribution in [3.05, 3.63) is 0 Å². The van der Waals surface area contributed by atoms with E-state index in [9.17, 15) is 26.4 Å². The highest BCUT2D eigenvalue weighted by Crippen LogP contribution is 2.31. The Morgan fingerprint density at radius 3 is 2.04 bits per heavy atom. The van der Waals surface area contributed by atoms with Crippen LogP contribution in [0.5, 0.6) is 0 Å². The van der Waals surface area contributed by atoms with Crippen LogP contribution < -0.4 is 0 Å². The first kappa shape index (κ1) is 20.2. The second kappa shape index (κ2) is 7.38. The van der Waals surface area contributed by atoms with Crippen LogP contribution in [0.15, 0.2) is 0 Å². The molecular weight excluding hydrogens is 337 g/mol. The number of hydrogen-bond donors (Lipinski definition) is 0. The molecule has 0 N–H and O–H groups in total. The van der Waals surface area contributed by atoms with Crippen molar-refractivity contribution in [3.8, 4) is 0 Å². The first-order valence-corrected chi connectivity index (χ1v) is 9.02. The van der Waals surface area contributed by atoms with Gasteiger partial charge in [0, 0.05) is 0 Å². The average Bonchev–Trinajstić information content (AvgIpc) is 2.32. The van der Waals surface area contributed by atoms with Gasteiger partial charge in [-0.25, -0.2) is 0 Å². The Hall–Kier alpha value is -0.830. The largest absolute Gasteiger partial charge is 0.460 e. The Bertz CT molecular complexity index is 499. The van der Waals surface area contributed by atoms with E-state index in [0.29, 0.717) is 25.7 Å². The summed E-state index contributed by atoms with van der Waals surface area (Å²) in [6.07, 6.45) is -2.74. The molecule has 0 heterocycles. The van der Waals surface area contributed by atoms with E-state index in [2.05, 4.69) is 4.18 Å². The molecule has 0 bridgehead atoms. The number of carbonyl (C=O) groups is 1. The van der Waals surface area contributed by atoms with Crippen molar-refractivity contribution in [1.29, 1.82) is 0 Å². The zero-order valence-corrected chi connectivity index (χ0v) is 14.3. The molecule has 1 rings (SSSR count). The van der Waals surface area contributed by atoms with Crippen molar-refractivity contribution in [2.24, 2.45) is 11.8 Å². The molecule has 1 aliphatic carbocycles. The average molecular weight is 360 g/mol. The number of alkyl halides is 3. The molecule has 0 atom stereocenters. The lowest BCUT2D eigenvalue weighted by Crippen LogP contribution is -2.32. The van der Waals surface area contributed by atoms with E-state index in [1.54, 1.807) is 20.8 Å². The van der Waals surface area contributed by atoms with E-state index >= 15 is 0 Å². The van der Waals surface area contributed by atoms with Crippen LogP contribution in [0.4, 0.5) is 13.2 Å². The van der Waals surface area contributed by atoms with Crippen LogP contribution in [-0.2, 0) is 23.8 Å². The molecule has 1 aliphatic rings. The summed E-state index contributed by atoms with van der Waals surface area (Å²) in [5.74, 6) is -2.69. The second-order valence-corrected chi connectivity index (χ2v) is 8.49. The smallest absolute Gasteiger partial charge is 0.405 e. The summed E-state index contributed by atoms with van der Waals surface area (Å²) in [7, 11) is -4.61. The number of rotatable bonds is 5. The third kappa shape index (κ3) is 8.55. The fraction of sp³-hybridized carbons (Fsp3) is 0.929. The summed E-state index contributed by atoms with van der Waals surface area (Å²) in [5.41, 5.74) is -0.567. The number of halogens is 3.